The third kappa shape index (κ3) is 3.93. The Morgan fingerprint density at radius 2 is 1.79 bits per heavy atom. The molecule has 2 amide bonds. The highest BCUT2D eigenvalue weighted by atomic mass is 16.2. The van der Waals surface area contributed by atoms with Crippen LogP contribution >= 0.6 is 0 Å². The van der Waals surface area contributed by atoms with Crippen molar-refractivity contribution < 1.29 is 9.59 Å². The number of allylic oxidation sites excluding steroid dienone is 1. The molecule has 1 unspecified atom stereocenters. The largest absolute Gasteiger partial charge is 0.398 e. The molecule has 28 heavy (non-hydrogen) atoms. The molecule has 1 atom stereocenters. The van der Waals surface area contributed by atoms with Crippen molar-refractivity contribution in [1.82, 2.24) is 4.90 Å². The fraction of sp³-hybridized carbons (Fsp3) is 0.304. The highest BCUT2D eigenvalue weighted by molar-refractivity contribution is 6.21. The van der Waals surface area contributed by atoms with Gasteiger partial charge >= 0.3 is 0 Å². The SMILES string of the molecule is C/C=C(/N)c1ccc(C)cc1NC(C)CCCN1C(=O)c2ccccc2C1=O. The molecule has 0 spiro atoms. The lowest BCUT2D eigenvalue weighted by Gasteiger charge is -2.20. The number of carbonyl (C=O) groups excluding carboxylic acids is 2. The third-order valence-corrected chi connectivity index (χ3v) is 5.10. The molecule has 0 saturated heterocycles. The van der Waals surface area contributed by atoms with Gasteiger partial charge in [-0.2, -0.15) is 0 Å². The van der Waals surface area contributed by atoms with Crippen LogP contribution in [0.15, 0.2) is 48.5 Å². The summed E-state index contributed by atoms with van der Waals surface area (Å²) in [5, 5.41) is 3.52. The quantitative estimate of drug-likeness (QED) is 0.710. The average Bonchev–Trinajstić information content (AvgIpc) is 2.93. The van der Waals surface area contributed by atoms with Crippen LogP contribution in [0.2, 0.25) is 0 Å². The summed E-state index contributed by atoms with van der Waals surface area (Å²) in [6.45, 7) is 6.49. The van der Waals surface area contributed by atoms with E-state index in [4.69, 9.17) is 5.73 Å². The number of anilines is 1. The normalized spacial score (nSPS) is 15.0. The first kappa shape index (κ1) is 19.7. The minimum Gasteiger partial charge on any atom is -0.398 e. The maximum absolute atomic E-state index is 12.4. The van der Waals surface area contributed by atoms with Gasteiger partial charge < -0.3 is 11.1 Å². The van der Waals surface area contributed by atoms with Crippen molar-refractivity contribution in [2.24, 2.45) is 5.73 Å². The molecule has 2 aromatic rings. The first-order valence-electron chi connectivity index (χ1n) is 9.67. The van der Waals surface area contributed by atoms with Crippen LogP contribution in [-0.4, -0.2) is 29.3 Å². The first-order valence-corrected chi connectivity index (χ1v) is 9.67. The van der Waals surface area contributed by atoms with Crippen molar-refractivity contribution in [2.75, 3.05) is 11.9 Å². The number of nitrogens with two attached hydrogens (primary N) is 1. The Kier molecular flexibility index (Phi) is 5.83. The lowest BCUT2D eigenvalue weighted by atomic mass is 10.0. The summed E-state index contributed by atoms with van der Waals surface area (Å²) >= 11 is 0. The van der Waals surface area contributed by atoms with Gasteiger partial charge in [0.05, 0.1) is 11.1 Å². The van der Waals surface area contributed by atoms with Crippen LogP contribution < -0.4 is 11.1 Å². The van der Waals surface area contributed by atoms with E-state index in [9.17, 15) is 9.59 Å². The zero-order chi connectivity index (χ0) is 20.3. The van der Waals surface area contributed by atoms with Crippen LogP contribution in [0.25, 0.3) is 5.70 Å². The summed E-state index contributed by atoms with van der Waals surface area (Å²) in [6.07, 6.45) is 3.46. The van der Waals surface area contributed by atoms with Gasteiger partial charge in [-0.15, -0.1) is 0 Å². The highest BCUT2D eigenvalue weighted by Crippen LogP contribution is 2.25. The number of nitrogens with one attached hydrogen (secondary N) is 1. The summed E-state index contributed by atoms with van der Waals surface area (Å²) in [5.41, 5.74) is 11.0. The van der Waals surface area contributed by atoms with E-state index in [1.165, 1.54) is 4.90 Å². The van der Waals surface area contributed by atoms with Gasteiger partial charge in [-0.3, -0.25) is 14.5 Å². The molecule has 3 rings (SSSR count). The van der Waals surface area contributed by atoms with E-state index >= 15 is 0 Å². The number of nitrogens with zero attached hydrogens (tertiary/aromatic N) is 1. The van der Waals surface area contributed by atoms with Crippen molar-refractivity contribution >= 4 is 23.2 Å². The van der Waals surface area contributed by atoms with Gasteiger partial charge in [0.2, 0.25) is 0 Å². The van der Waals surface area contributed by atoms with Crippen molar-refractivity contribution in [1.29, 1.82) is 0 Å². The zero-order valence-electron chi connectivity index (χ0n) is 16.7. The van der Waals surface area contributed by atoms with E-state index in [0.29, 0.717) is 17.7 Å². The van der Waals surface area contributed by atoms with E-state index in [1.807, 2.05) is 32.1 Å². The monoisotopic (exact) mass is 377 g/mol. The molecule has 3 N–H and O–H groups in total. The zero-order valence-corrected chi connectivity index (χ0v) is 16.7. The topological polar surface area (TPSA) is 75.4 Å². The van der Waals surface area contributed by atoms with Crippen LogP contribution in [0.5, 0.6) is 0 Å². The molecule has 1 aliphatic rings. The Morgan fingerprint density at radius 3 is 2.39 bits per heavy atom. The van der Waals surface area contributed by atoms with Crippen molar-refractivity contribution in [3.05, 3.63) is 70.8 Å². The predicted molar refractivity (Wildman–Crippen MR) is 113 cm³/mol. The lowest BCUT2D eigenvalue weighted by molar-refractivity contribution is 0.0651. The number of fused-ring (bicyclic) bond motifs is 1. The van der Waals surface area contributed by atoms with Gasteiger partial charge in [0, 0.05) is 29.5 Å². The van der Waals surface area contributed by atoms with Crippen LogP contribution in [0.1, 0.15) is 58.5 Å². The number of carbonyl (C=O) groups is 2. The van der Waals surface area contributed by atoms with Gasteiger partial charge in [-0.25, -0.2) is 0 Å². The average molecular weight is 377 g/mol. The third-order valence-electron chi connectivity index (χ3n) is 5.10. The Bertz CT molecular complexity index is 898. The number of imide groups is 1. The molecular weight excluding hydrogens is 350 g/mol. The molecule has 5 nitrogen and oxygen atoms in total. The fourth-order valence-electron chi connectivity index (χ4n) is 3.52. The predicted octanol–water partition coefficient (Wildman–Crippen LogP) is 4.19. The van der Waals surface area contributed by atoms with Gasteiger partial charge in [0.15, 0.2) is 0 Å². The minimum atomic E-state index is -0.192. The van der Waals surface area contributed by atoms with Crippen molar-refractivity contribution in [3.8, 4) is 0 Å². The molecule has 0 aromatic heterocycles. The second-order valence-electron chi connectivity index (χ2n) is 7.29. The van der Waals surface area contributed by atoms with E-state index in [1.54, 1.807) is 24.3 Å². The molecule has 5 heteroatoms. The van der Waals surface area contributed by atoms with Crippen LogP contribution in [0, 0.1) is 6.92 Å². The summed E-state index contributed by atoms with van der Waals surface area (Å²) < 4.78 is 0. The number of aryl methyl sites for hydroxylation is 1. The molecule has 1 aliphatic heterocycles. The van der Waals surface area contributed by atoms with Gasteiger partial charge in [0.25, 0.3) is 11.8 Å². The molecular formula is C23H27N3O2. The lowest BCUT2D eigenvalue weighted by Crippen LogP contribution is -2.31. The van der Waals surface area contributed by atoms with Crippen LogP contribution in [-0.2, 0) is 0 Å². The summed E-state index contributed by atoms with van der Waals surface area (Å²) in [7, 11) is 0. The van der Waals surface area contributed by atoms with Gasteiger partial charge in [0.1, 0.15) is 0 Å². The van der Waals surface area contributed by atoms with Crippen molar-refractivity contribution in [3.63, 3.8) is 0 Å². The number of rotatable bonds is 7. The highest BCUT2D eigenvalue weighted by Gasteiger charge is 2.34. The van der Waals surface area contributed by atoms with E-state index in [2.05, 4.69) is 18.3 Å². The first-order chi connectivity index (χ1) is 13.4. The molecule has 0 radical (unpaired) electrons. The standard InChI is InChI=1S/C23H27N3O2/c1-4-20(24)19-12-11-15(2)14-21(19)25-16(3)8-7-13-26-22(27)17-9-5-6-10-18(17)23(26)28/h4-6,9-12,14,16,25H,7-8,13,24H2,1-3H3/b20-4+. The Morgan fingerprint density at radius 1 is 1.14 bits per heavy atom. The Labute approximate surface area is 166 Å². The number of amides is 2. The molecule has 1 heterocycles. The molecule has 0 fully saturated rings. The molecule has 0 bridgehead atoms. The molecule has 0 saturated carbocycles. The summed E-state index contributed by atoms with van der Waals surface area (Å²) in [6, 6.07) is 13.3. The molecule has 146 valence electrons. The second-order valence-corrected chi connectivity index (χ2v) is 7.29. The fourth-order valence-corrected chi connectivity index (χ4v) is 3.52. The van der Waals surface area contributed by atoms with Gasteiger partial charge in [-0.1, -0.05) is 30.3 Å². The number of hydrogen-bond acceptors (Lipinski definition) is 4. The molecule has 0 aliphatic carbocycles. The van der Waals surface area contributed by atoms with E-state index < -0.39 is 0 Å². The van der Waals surface area contributed by atoms with Crippen LogP contribution in [0.4, 0.5) is 5.69 Å². The minimum absolute atomic E-state index is 0.181. The molecule has 2 aromatic carbocycles. The van der Waals surface area contributed by atoms with Gasteiger partial charge in [-0.05, 0) is 57.4 Å². The summed E-state index contributed by atoms with van der Waals surface area (Å²) in [4.78, 5) is 26.2. The van der Waals surface area contributed by atoms with Crippen molar-refractivity contribution in [2.45, 2.75) is 39.7 Å². The summed E-state index contributed by atoms with van der Waals surface area (Å²) in [5.74, 6) is -0.383. The maximum atomic E-state index is 12.4. The van der Waals surface area contributed by atoms with Crippen LogP contribution in [0.3, 0.4) is 0 Å². The number of hydrogen-bond donors (Lipinski definition) is 2. The van der Waals surface area contributed by atoms with E-state index in [0.717, 1.165) is 35.4 Å². The second kappa shape index (κ2) is 8.30. The van der Waals surface area contributed by atoms with E-state index in [-0.39, 0.29) is 17.9 Å². The number of benzene rings is 2. The maximum Gasteiger partial charge on any atom is 0.261 e. The smallest absolute Gasteiger partial charge is 0.261 e. The Hall–Kier alpha value is -3.08. The Balaban J connectivity index is 1.59.